The number of nitrogens with zero attached hydrogens (tertiary/aromatic N) is 4. The standard InChI is InChI=1S/C14H14N4/c1-10-3-5-11(6-4-10)18-14-9-17(2)8-12(14)13(7-15)16-18/h3-6H,8-9H2,1-2H3. The monoisotopic (exact) mass is 238 g/mol. The van der Waals surface area contributed by atoms with Crippen molar-refractivity contribution in [2.75, 3.05) is 7.05 Å². The summed E-state index contributed by atoms with van der Waals surface area (Å²) >= 11 is 0. The quantitative estimate of drug-likeness (QED) is 0.763. The van der Waals surface area contributed by atoms with Gasteiger partial charge in [-0.15, -0.1) is 0 Å². The molecule has 2 aromatic rings. The van der Waals surface area contributed by atoms with Crippen LogP contribution in [0.3, 0.4) is 0 Å². The van der Waals surface area contributed by atoms with Crippen LogP contribution < -0.4 is 0 Å². The lowest BCUT2D eigenvalue weighted by Crippen LogP contribution is -2.12. The molecule has 1 aliphatic heterocycles. The van der Waals surface area contributed by atoms with Gasteiger partial charge in [-0.1, -0.05) is 17.7 Å². The fourth-order valence-electron chi connectivity index (χ4n) is 2.38. The molecular weight excluding hydrogens is 224 g/mol. The molecule has 0 saturated carbocycles. The number of nitriles is 1. The van der Waals surface area contributed by atoms with Gasteiger partial charge in [-0.3, -0.25) is 4.90 Å². The Hall–Kier alpha value is -2.12. The maximum Gasteiger partial charge on any atom is 0.167 e. The first-order chi connectivity index (χ1) is 8.69. The molecular formula is C14H14N4. The van der Waals surface area contributed by atoms with Crippen molar-refractivity contribution >= 4 is 0 Å². The lowest BCUT2D eigenvalue weighted by atomic mass is 10.2. The summed E-state index contributed by atoms with van der Waals surface area (Å²) in [5.41, 5.74) is 5.00. The van der Waals surface area contributed by atoms with Crippen LogP contribution in [-0.2, 0) is 13.1 Å². The van der Waals surface area contributed by atoms with Crippen molar-refractivity contribution in [1.82, 2.24) is 14.7 Å². The summed E-state index contributed by atoms with van der Waals surface area (Å²) in [6, 6.07) is 10.4. The van der Waals surface area contributed by atoms with Crippen molar-refractivity contribution in [3.63, 3.8) is 0 Å². The number of aryl methyl sites for hydroxylation is 1. The summed E-state index contributed by atoms with van der Waals surface area (Å²) in [5.74, 6) is 0. The number of fused-ring (bicyclic) bond motifs is 1. The number of hydrogen-bond acceptors (Lipinski definition) is 3. The highest BCUT2D eigenvalue weighted by atomic mass is 15.3. The summed E-state index contributed by atoms with van der Waals surface area (Å²) < 4.78 is 1.90. The highest BCUT2D eigenvalue weighted by Crippen LogP contribution is 2.26. The highest BCUT2D eigenvalue weighted by Gasteiger charge is 2.26. The van der Waals surface area contributed by atoms with Crippen molar-refractivity contribution in [2.24, 2.45) is 0 Å². The van der Waals surface area contributed by atoms with Crippen molar-refractivity contribution < 1.29 is 0 Å². The van der Waals surface area contributed by atoms with E-state index in [9.17, 15) is 0 Å². The van der Waals surface area contributed by atoms with E-state index in [0.717, 1.165) is 30.0 Å². The second-order valence-electron chi connectivity index (χ2n) is 4.81. The molecule has 0 bridgehead atoms. The Morgan fingerprint density at radius 1 is 1.22 bits per heavy atom. The first kappa shape index (κ1) is 11.0. The van der Waals surface area contributed by atoms with Crippen LogP contribution in [-0.4, -0.2) is 21.7 Å². The highest BCUT2D eigenvalue weighted by molar-refractivity contribution is 5.44. The number of aromatic nitrogens is 2. The molecule has 0 aliphatic carbocycles. The lowest BCUT2D eigenvalue weighted by Gasteiger charge is -2.09. The first-order valence-corrected chi connectivity index (χ1v) is 5.95. The molecule has 0 atom stereocenters. The average Bonchev–Trinajstić information content (AvgIpc) is 2.87. The van der Waals surface area contributed by atoms with E-state index in [-0.39, 0.29) is 0 Å². The Balaban J connectivity index is 2.14. The van der Waals surface area contributed by atoms with Gasteiger partial charge in [0, 0.05) is 18.7 Å². The second kappa shape index (κ2) is 3.97. The number of hydrogen-bond donors (Lipinski definition) is 0. The fourth-order valence-corrected chi connectivity index (χ4v) is 2.38. The molecule has 3 rings (SSSR count). The van der Waals surface area contributed by atoms with Crippen LogP contribution in [0.1, 0.15) is 22.5 Å². The minimum absolute atomic E-state index is 0.551. The number of benzene rings is 1. The van der Waals surface area contributed by atoms with Gasteiger partial charge in [0.05, 0.1) is 11.4 Å². The largest absolute Gasteiger partial charge is 0.296 e. The molecule has 2 heterocycles. The van der Waals surface area contributed by atoms with Crippen LogP contribution in [0.2, 0.25) is 0 Å². The minimum Gasteiger partial charge on any atom is -0.296 e. The lowest BCUT2D eigenvalue weighted by molar-refractivity contribution is 0.345. The third kappa shape index (κ3) is 1.60. The van der Waals surface area contributed by atoms with Crippen LogP contribution in [0.5, 0.6) is 0 Å². The smallest absolute Gasteiger partial charge is 0.167 e. The molecule has 0 radical (unpaired) electrons. The topological polar surface area (TPSA) is 44.9 Å². The van der Waals surface area contributed by atoms with Gasteiger partial charge in [0.15, 0.2) is 5.69 Å². The maximum atomic E-state index is 9.15. The van der Waals surface area contributed by atoms with E-state index >= 15 is 0 Å². The van der Waals surface area contributed by atoms with E-state index in [4.69, 9.17) is 5.26 Å². The van der Waals surface area contributed by atoms with Crippen LogP contribution >= 0.6 is 0 Å². The van der Waals surface area contributed by atoms with Gasteiger partial charge in [0.1, 0.15) is 6.07 Å². The number of rotatable bonds is 1. The molecule has 18 heavy (non-hydrogen) atoms. The van der Waals surface area contributed by atoms with Crippen molar-refractivity contribution in [1.29, 1.82) is 5.26 Å². The average molecular weight is 238 g/mol. The minimum atomic E-state index is 0.551. The van der Waals surface area contributed by atoms with Crippen molar-refractivity contribution in [3.05, 3.63) is 46.8 Å². The molecule has 0 fully saturated rings. The Morgan fingerprint density at radius 2 is 1.94 bits per heavy atom. The van der Waals surface area contributed by atoms with Gasteiger partial charge in [0.2, 0.25) is 0 Å². The van der Waals surface area contributed by atoms with E-state index in [0.29, 0.717) is 5.69 Å². The molecule has 1 aromatic heterocycles. The molecule has 4 nitrogen and oxygen atoms in total. The van der Waals surface area contributed by atoms with E-state index in [1.54, 1.807) is 0 Å². The summed E-state index contributed by atoms with van der Waals surface area (Å²) in [5, 5.41) is 13.6. The van der Waals surface area contributed by atoms with Crippen LogP contribution in [0.15, 0.2) is 24.3 Å². The Morgan fingerprint density at radius 3 is 2.61 bits per heavy atom. The summed E-state index contributed by atoms with van der Waals surface area (Å²) in [6.07, 6.45) is 0. The zero-order valence-corrected chi connectivity index (χ0v) is 10.5. The van der Waals surface area contributed by atoms with Crippen molar-refractivity contribution in [3.8, 4) is 11.8 Å². The summed E-state index contributed by atoms with van der Waals surface area (Å²) in [4.78, 5) is 2.19. The molecule has 90 valence electrons. The second-order valence-corrected chi connectivity index (χ2v) is 4.81. The van der Waals surface area contributed by atoms with E-state index in [2.05, 4.69) is 42.2 Å². The fraction of sp³-hybridized carbons (Fsp3) is 0.286. The first-order valence-electron chi connectivity index (χ1n) is 5.95. The van der Waals surface area contributed by atoms with Gasteiger partial charge < -0.3 is 0 Å². The normalized spacial score (nSPS) is 14.5. The van der Waals surface area contributed by atoms with Gasteiger partial charge in [-0.2, -0.15) is 10.4 Å². The zero-order chi connectivity index (χ0) is 12.7. The predicted molar refractivity (Wildman–Crippen MR) is 68.2 cm³/mol. The third-order valence-electron chi connectivity index (χ3n) is 3.32. The van der Waals surface area contributed by atoms with Gasteiger partial charge in [-0.25, -0.2) is 4.68 Å². The Bertz CT molecular complexity index is 631. The molecule has 1 aromatic carbocycles. The molecule has 0 spiro atoms. The summed E-state index contributed by atoms with van der Waals surface area (Å²) in [7, 11) is 2.06. The van der Waals surface area contributed by atoms with Gasteiger partial charge >= 0.3 is 0 Å². The van der Waals surface area contributed by atoms with Gasteiger partial charge in [0.25, 0.3) is 0 Å². The molecule has 0 N–H and O–H groups in total. The maximum absolute atomic E-state index is 9.15. The molecule has 0 amide bonds. The van der Waals surface area contributed by atoms with Crippen LogP contribution in [0.25, 0.3) is 5.69 Å². The Labute approximate surface area is 106 Å². The van der Waals surface area contributed by atoms with E-state index < -0.39 is 0 Å². The van der Waals surface area contributed by atoms with E-state index in [1.165, 1.54) is 5.56 Å². The molecule has 0 unspecified atom stereocenters. The predicted octanol–water partition coefficient (Wildman–Crippen LogP) is 2.00. The SMILES string of the molecule is Cc1ccc(-n2nc(C#N)c3c2CN(C)C3)cc1. The molecule has 4 heteroatoms. The van der Waals surface area contributed by atoms with Gasteiger partial charge in [-0.05, 0) is 26.1 Å². The zero-order valence-electron chi connectivity index (χ0n) is 10.5. The Kier molecular flexibility index (Phi) is 2.42. The van der Waals surface area contributed by atoms with Crippen LogP contribution in [0, 0.1) is 18.3 Å². The third-order valence-corrected chi connectivity index (χ3v) is 3.32. The molecule has 0 saturated heterocycles. The van der Waals surface area contributed by atoms with Crippen molar-refractivity contribution in [2.45, 2.75) is 20.0 Å². The van der Waals surface area contributed by atoms with Crippen LogP contribution in [0.4, 0.5) is 0 Å². The summed E-state index contributed by atoms with van der Waals surface area (Å²) in [6.45, 7) is 3.72. The molecule has 1 aliphatic rings. The van der Waals surface area contributed by atoms with E-state index in [1.807, 2.05) is 16.8 Å².